The molecule has 0 fully saturated rings. The third kappa shape index (κ3) is 5.82. The molecule has 0 radical (unpaired) electrons. The van der Waals surface area contributed by atoms with E-state index in [1.54, 1.807) is 24.3 Å². The standard InChI is InChI=1S/C16H17N3O4S/c20-14-7-4-10-17-16(14)19-15(21)8-11-18-24(22,23)12-9-13-5-2-1-3-6-13/h1-7,9-10,12,18,20H,8,11H2,(H,17,19,21)/b12-9+. The average Bonchev–Trinajstić information content (AvgIpc) is 2.56. The largest absolute Gasteiger partial charge is 0.504 e. The van der Waals surface area contributed by atoms with Gasteiger partial charge in [0, 0.05) is 24.6 Å². The summed E-state index contributed by atoms with van der Waals surface area (Å²) in [5, 5.41) is 12.9. The lowest BCUT2D eigenvalue weighted by atomic mass is 10.2. The molecule has 1 aromatic carbocycles. The summed E-state index contributed by atoms with van der Waals surface area (Å²) in [6.45, 7) is -0.0686. The Morgan fingerprint density at radius 1 is 1.17 bits per heavy atom. The number of carbonyl (C=O) groups excluding carboxylic acids is 1. The number of rotatable bonds is 7. The van der Waals surface area contributed by atoms with Crippen LogP contribution in [0, 0.1) is 0 Å². The van der Waals surface area contributed by atoms with Crippen LogP contribution < -0.4 is 10.0 Å². The highest BCUT2D eigenvalue weighted by Gasteiger charge is 2.09. The number of hydrogen-bond acceptors (Lipinski definition) is 5. The zero-order valence-corrected chi connectivity index (χ0v) is 13.5. The number of anilines is 1. The monoisotopic (exact) mass is 347 g/mol. The Balaban J connectivity index is 1.81. The van der Waals surface area contributed by atoms with Crippen LogP contribution in [0.1, 0.15) is 12.0 Å². The third-order valence-electron chi connectivity index (χ3n) is 2.94. The molecule has 0 saturated carbocycles. The Morgan fingerprint density at radius 3 is 2.62 bits per heavy atom. The lowest BCUT2D eigenvalue weighted by molar-refractivity contribution is -0.116. The Hall–Kier alpha value is -2.71. The Bertz CT molecular complexity index is 820. The molecule has 0 unspecified atom stereocenters. The van der Waals surface area contributed by atoms with Crippen molar-refractivity contribution in [3.63, 3.8) is 0 Å². The van der Waals surface area contributed by atoms with Crippen LogP contribution in [0.15, 0.2) is 54.1 Å². The molecule has 0 saturated heterocycles. The minimum absolute atomic E-state index is 0.0364. The molecule has 0 spiro atoms. The number of carbonyl (C=O) groups is 1. The number of sulfonamides is 1. The molecule has 8 heteroatoms. The van der Waals surface area contributed by atoms with Crippen molar-refractivity contribution in [2.75, 3.05) is 11.9 Å². The van der Waals surface area contributed by atoms with Crippen molar-refractivity contribution >= 4 is 27.8 Å². The van der Waals surface area contributed by atoms with Crippen molar-refractivity contribution in [3.8, 4) is 5.75 Å². The molecule has 1 amide bonds. The minimum atomic E-state index is -3.63. The maximum absolute atomic E-state index is 11.8. The molecule has 2 rings (SSSR count). The quantitative estimate of drug-likeness (QED) is 0.706. The fourth-order valence-corrected chi connectivity index (χ4v) is 2.59. The number of aromatic nitrogens is 1. The summed E-state index contributed by atoms with van der Waals surface area (Å²) < 4.78 is 25.9. The lowest BCUT2D eigenvalue weighted by Gasteiger charge is -2.06. The van der Waals surface area contributed by atoms with Gasteiger partial charge in [0.05, 0.1) is 0 Å². The predicted molar refractivity (Wildman–Crippen MR) is 91.5 cm³/mol. The van der Waals surface area contributed by atoms with E-state index in [4.69, 9.17) is 0 Å². The molecule has 1 heterocycles. The zero-order valence-electron chi connectivity index (χ0n) is 12.7. The summed E-state index contributed by atoms with van der Waals surface area (Å²) in [4.78, 5) is 15.5. The molecule has 0 aliphatic carbocycles. The number of aromatic hydroxyl groups is 1. The highest BCUT2D eigenvalue weighted by atomic mass is 32.2. The van der Waals surface area contributed by atoms with Gasteiger partial charge in [-0.2, -0.15) is 0 Å². The van der Waals surface area contributed by atoms with Gasteiger partial charge in [0.15, 0.2) is 11.6 Å². The van der Waals surface area contributed by atoms with E-state index in [1.807, 2.05) is 6.07 Å². The van der Waals surface area contributed by atoms with Crippen LogP contribution in [0.4, 0.5) is 5.82 Å². The van der Waals surface area contributed by atoms with E-state index in [2.05, 4.69) is 15.0 Å². The van der Waals surface area contributed by atoms with E-state index in [0.29, 0.717) is 0 Å². The summed E-state index contributed by atoms with van der Waals surface area (Å²) >= 11 is 0. The number of benzene rings is 1. The maximum atomic E-state index is 11.8. The number of nitrogens with zero attached hydrogens (tertiary/aromatic N) is 1. The number of nitrogens with one attached hydrogen (secondary N) is 2. The van der Waals surface area contributed by atoms with Crippen molar-refractivity contribution in [3.05, 3.63) is 59.6 Å². The molecule has 1 aromatic heterocycles. The van der Waals surface area contributed by atoms with Crippen molar-refractivity contribution in [1.29, 1.82) is 0 Å². The van der Waals surface area contributed by atoms with Gasteiger partial charge in [0.25, 0.3) is 0 Å². The molecule has 0 aliphatic heterocycles. The summed E-state index contributed by atoms with van der Waals surface area (Å²) in [5.74, 6) is -0.578. The van der Waals surface area contributed by atoms with Crippen molar-refractivity contribution in [2.24, 2.45) is 0 Å². The van der Waals surface area contributed by atoms with Crippen LogP contribution >= 0.6 is 0 Å². The SMILES string of the molecule is O=C(CCNS(=O)(=O)/C=C/c1ccccc1)Nc1ncccc1O. The van der Waals surface area contributed by atoms with Gasteiger partial charge in [0.2, 0.25) is 15.9 Å². The first-order valence-electron chi connectivity index (χ1n) is 7.13. The minimum Gasteiger partial charge on any atom is -0.504 e. The molecule has 0 aliphatic rings. The fourth-order valence-electron chi connectivity index (χ4n) is 1.77. The van der Waals surface area contributed by atoms with Gasteiger partial charge in [-0.3, -0.25) is 4.79 Å². The number of amides is 1. The van der Waals surface area contributed by atoms with Gasteiger partial charge in [-0.15, -0.1) is 0 Å². The second-order valence-electron chi connectivity index (χ2n) is 4.82. The molecular formula is C16H17N3O4S. The van der Waals surface area contributed by atoms with Gasteiger partial charge < -0.3 is 10.4 Å². The van der Waals surface area contributed by atoms with E-state index in [9.17, 15) is 18.3 Å². The molecule has 7 nitrogen and oxygen atoms in total. The summed E-state index contributed by atoms with van der Waals surface area (Å²) in [6.07, 6.45) is 2.80. The molecule has 0 bridgehead atoms. The average molecular weight is 347 g/mol. The van der Waals surface area contributed by atoms with Gasteiger partial charge >= 0.3 is 0 Å². The van der Waals surface area contributed by atoms with Gasteiger partial charge in [0.1, 0.15) is 0 Å². The second kappa shape index (κ2) is 8.23. The van der Waals surface area contributed by atoms with E-state index >= 15 is 0 Å². The first-order chi connectivity index (χ1) is 11.5. The predicted octanol–water partition coefficient (Wildman–Crippen LogP) is 1.71. The summed E-state index contributed by atoms with van der Waals surface area (Å²) in [5.41, 5.74) is 0.756. The molecule has 0 atom stereocenters. The normalized spacial score (nSPS) is 11.5. The van der Waals surface area contributed by atoms with Crippen molar-refractivity contribution in [1.82, 2.24) is 9.71 Å². The van der Waals surface area contributed by atoms with Crippen LogP contribution in [0.5, 0.6) is 5.75 Å². The Labute approximate surface area is 140 Å². The zero-order chi connectivity index (χ0) is 17.4. The van der Waals surface area contributed by atoms with Crippen LogP contribution in [0.2, 0.25) is 0 Å². The van der Waals surface area contributed by atoms with Crippen molar-refractivity contribution in [2.45, 2.75) is 6.42 Å². The van der Waals surface area contributed by atoms with Crippen LogP contribution in [0.25, 0.3) is 6.08 Å². The topological polar surface area (TPSA) is 108 Å². The van der Waals surface area contributed by atoms with Crippen LogP contribution in [-0.4, -0.2) is 31.0 Å². The van der Waals surface area contributed by atoms with Crippen LogP contribution in [-0.2, 0) is 14.8 Å². The Kier molecular flexibility index (Phi) is 6.05. The van der Waals surface area contributed by atoms with Gasteiger partial charge in [-0.25, -0.2) is 18.1 Å². The van der Waals surface area contributed by atoms with E-state index in [-0.39, 0.29) is 24.5 Å². The number of pyridine rings is 1. The van der Waals surface area contributed by atoms with Crippen molar-refractivity contribution < 1.29 is 18.3 Å². The first-order valence-corrected chi connectivity index (χ1v) is 8.67. The Morgan fingerprint density at radius 2 is 1.92 bits per heavy atom. The smallest absolute Gasteiger partial charge is 0.233 e. The molecule has 2 aromatic rings. The third-order valence-corrected chi connectivity index (χ3v) is 4.04. The molecule has 24 heavy (non-hydrogen) atoms. The van der Waals surface area contributed by atoms with E-state index in [0.717, 1.165) is 11.0 Å². The van der Waals surface area contributed by atoms with Crippen LogP contribution in [0.3, 0.4) is 0 Å². The second-order valence-corrected chi connectivity index (χ2v) is 6.47. The van der Waals surface area contributed by atoms with Gasteiger partial charge in [-0.1, -0.05) is 30.3 Å². The highest BCUT2D eigenvalue weighted by molar-refractivity contribution is 7.92. The maximum Gasteiger partial charge on any atom is 0.233 e. The lowest BCUT2D eigenvalue weighted by Crippen LogP contribution is -2.26. The van der Waals surface area contributed by atoms with E-state index < -0.39 is 15.9 Å². The highest BCUT2D eigenvalue weighted by Crippen LogP contribution is 2.18. The summed E-state index contributed by atoms with van der Waals surface area (Å²) in [6, 6.07) is 11.9. The molecule has 3 N–H and O–H groups in total. The fraction of sp³-hybridized carbons (Fsp3) is 0.125. The van der Waals surface area contributed by atoms with Gasteiger partial charge in [-0.05, 0) is 23.8 Å². The molecular weight excluding hydrogens is 330 g/mol. The molecule has 126 valence electrons. The first kappa shape index (κ1) is 17.6. The number of hydrogen-bond donors (Lipinski definition) is 3. The van der Waals surface area contributed by atoms with E-state index in [1.165, 1.54) is 24.4 Å². The summed E-state index contributed by atoms with van der Waals surface area (Å²) in [7, 11) is -3.63.